The maximum atomic E-state index is 14.0. The number of hydrogen-bond donors (Lipinski definition) is 1. The summed E-state index contributed by atoms with van der Waals surface area (Å²) in [7, 11) is -4.49. The summed E-state index contributed by atoms with van der Waals surface area (Å²) in [5.74, 6) is -0.713. The average Bonchev–Trinajstić information content (AvgIpc) is 2.89. The zero-order chi connectivity index (χ0) is 30.9. The molecule has 0 unspecified atom stereocenters. The molecule has 4 bridgehead atoms. The fraction of sp³-hybridized carbons (Fsp3) is 0.370. The highest BCUT2D eigenvalue weighted by Gasteiger charge is 2.35. The summed E-state index contributed by atoms with van der Waals surface area (Å²) in [4.78, 5) is 21.0. The molecule has 1 aromatic carbocycles. The smallest absolute Gasteiger partial charge is 0.357 e. The molecule has 1 N–H and O–H groups in total. The number of nitrogens with zero attached hydrogens (tertiary/aromatic N) is 3. The predicted molar refractivity (Wildman–Crippen MR) is 139 cm³/mol. The molecule has 0 spiro atoms. The second kappa shape index (κ2) is 11.5. The highest BCUT2D eigenvalue weighted by Crippen LogP contribution is 2.38. The summed E-state index contributed by atoms with van der Waals surface area (Å²) in [6.07, 6.45) is -7.30. The normalized spacial score (nSPS) is 19.1. The van der Waals surface area contributed by atoms with E-state index in [4.69, 9.17) is 5.48 Å². The van der Waals surface area contributed by atoms with Crippen LogP contribution in [0.1, 0.15) is 55.6 Å². The van der Waals surface area contributed by atoms with E-state index in [2.05, 4.69) is 14.7 Å². The van der Waals surface area contributed by atoms with Crippen LogP contribution in [-0.4, -0.2) is 37.2 Å². The van der Waals surface area contributed by atoms with Gasteiger partial charge in [0, 0.05) is 30.5 Å². The van der Waals surface area contributed by atoms with Crippen molar-refractivity contribution in [3.8, 4) is 11.3 Å². The Bertz CT molecular complexity index is 1590. The van der Waals surface area contributed by atoms with Crippen LogP contribution in [0.5, 0.6) is 0 Å². The van der Waals surface area contributed by atoms with Crippen LogP contribution < -0.4 is 9.62 Å². The summed E-state index contributed by atoms with van der Waals surface area (Å²) in [5.41, 5.74) is -1.41. The summed E-state index contributed by atoms with van der Waals surface area (Å²) in [6.45, 7) is -0.882. The summed E-state index contributed by atoms with van der Waals surface area (Å²) >= 11 is 0. The van der Waals surface area contributed by atoms with Crippen LogP contribution in [0.3, 0.4) is 0 Å². The fourth-order valence-electron chi connectivity index (χ4n) is 3.98. The first kappa shape index (κ1) is 22.5. The van der Waals surface area contributed by atoms with Gasteiger partial charge in [-0.1, -0.05) is 36.8 Å². The summed E-state index contributed by atoms with van der Waals surface area (Å²) in [6, 6.07) is 11.4. The lowest BCUT2D eigenvalue weighted by atomic mass is 9.96. The number of carbonyl (C=O) groups excluding carboxylic acids is 1. The number of Topliss-reactive ketones (excluding diaryl/α,β-unsaturated/α-hetero) is 1. The largest absolute Gasteiger partial charge is 0.418 e. The lowest BCUT2D eigenvalue weighted by Gasteiger charge is -2.24. The number of hydrogen-bond acceptors (Lipinski definition) is 6. The van der Waals surface area contributed by atoms with Crippen LogP contribution in [0.4, 0.5) is 24.8 Å². The van der Waals surface area contributed by atoms with Crippen LogP contribution in [0.2, 0.25) is 0 Å². The van der Waals surface area contributed by atoms with Gasteiger partial charge in [0.1, 0.15) is 17.4 Å². The molecular weight excluding hydrogens is 517 g/mol. The Hall–Kier alpha value is -3.47. The average molecular weight is 551 g/mol. The lowest BCUT2D eigenvalue weighted by molar-refractivity contribution is -0.137. The van der Waals surface area contributed by atoms with Gasteiger partial charge in [0.2, 0.25) is 0 Å². The van der Waals surface area contributed by atoms with Gasteiger partial charge < -0.3 is 9.69 Å². The quantitative estimate of drug-likeness (QED) is 0.437. The molecular formula is C27H29F3N4O3S. The van der Waals surface area contributed by atoms with Crippen molar-refractivity contribution in [2.75, 3.05) is 22.7 Å². The molecule has 0 fully saturated rings. The van der Waals surface area contributed by atoms with Crippen molar-refractivity contribution in [2.45, 2.75) is 56.6 Å². The third-order valence-electron chi connectivity index (χ3n) is 5.80. The van der Waals surface area contributed by atoms with Gasteiger partial charge in [-0.15, -0.1) is 0 Å². The minimum atomic E-state index is -4.83. The van der Waals surface area contributed by atoms with Crippen molar-refractivity contribution < 1.29 is 31.9 Å². The molecule has 38 heavy (non-hydrogen) atoms. The summed E-state index contributed by atoms with van der Waals surface area (Å²) in [5, 5.41) is -0.529. The van der Waals surface area contributed by atoms with E-state index in [9.17, 15) is 26.4 Å². The van der Waals surface area contributed by atoms with Crippen LogP contribution in [-0.2, 0) is 27.4 Å². The van der Waals surface area contributed by atoms with Crippen LogP contribution >= 0.6 is 0 Å². The zero-order valence-corrected chi connectivity index (χ0v) is 21.4. The predicted octanol–water partition coefficient (Wildman–Crippen LogP) is 5.87. The number of carbonyl (C=O) groups is 1. The van der Waals surface area contributed by atoms with Crippen LogP contribution in [0.25, 0.3) is 11.3 Å². The molecule has 0 saturated heterocycles. The van der Waals surface area contributed by atoms with Crippen molar-refractivity contribution in [3.05, 3.63) is 65.7 Å². The van der Waals surface area contributed by atoms with E-state index < -0.39 is 51.2 Å². The minimum absolute atomic E-state index is 0.00385. The van der Waals surface area contributed by atoms with E-state index in [0.717, 1.165) is 12.1 Å². The van der Waals surface area contributed by atoms with Gasteiger partial charge in [-0.25, -0.2) is 9.97 Å². The van der Waals surface area contributed by atoms with Crippen molar-refractivity contribution in [1.82, 2.24) is 9.97 Å². The Morgan fingerprint density at radius 1 is 1.11 bits per heavy atom. The number of benzene rings is 1. The highest BCUT2D eigenvalue weighted by atomic mass is 32.2. The Morgan fingerprint density at radius 3 is 2.66 bits per heavy atom. The number of pyridine rings is 2. The molecule has 11 heteroatoms. The fourth-order valence-corrected chi connectivity index (χ4v) is 4.94. The molecule has 1 aliphatic rings. The molecule has 0 saturated carbocycles. The number of rotatable bonds is 4. The van der Waals surface area contributed by atoms with E-state index in [-0.39, 0.29) is 61.4 Å². The third-order valence-corrected chi connectivity index (χ3v) is 7.06. The van der Waals surface area contributed by atoms with Gasteiger partial charge in [0.15, 0.2) is 5.03 Å². The number of ketones is 1. The van der Waals surface area contributed by atoms with Crippen LogP contribution in [0, 0.1) is 0 Å². The number of fused-ring (bicyclic) bond motifs is 6. The van der Waals surface area contributed by atoms with E-state index in [1.54, 1.807) is 6.07 Å². The van der Waals surface area contributed by atoms with Crippen molar-refractivity contribution in [3.63, 3.8) is 0 Å². The number of halogens is 3. The highest BCUT2D eigenvalue weighted by molar-refractivity contribution is 7.92. The molecule has 0 amide bonds. The molecule has 1 aliphatic heterocycles. The number of aromatic nitrogens is 2. The Morgan fingerprint density at radius 2 is 1.89 bits per heavy atom. The van der Waals surface area contributed by atoms with E-state index in [1.807, 2.05) is 0 Å². The van der Waals surface area contributed by atoms with Crippen LogP contribution in [0.15, 0.2) is 59.6 Å². The Kier molecular flexibility index (Phi) is 6.82. The first-order valence-corrected chi connectivity index (χ1v) is 13.4. The molecule has 3 aromatic rings. The molecule has 3 heterocycles. The molecule has 7 nitrogen and oxygen atoms in total. The molecule has 0 aliphatic carbocycles. The van der Waals surface area contributed by atoms with Crippen molar-refractivity contribution in [2.24, 2.45) is 0 Å². The molecule has 2 aromatic heterocycles. The minimum Gasteiger partial charge on any atom is -0.357 e. The number of alkyl halides is 3. The van der Waals surface area contributed by atoms with Gasteiger partial charge in [0.25, 0.3) is 10.0 Å². The molecule has 4 rings (SSSR count). The van der Waals surface area contributed by atoms with E-state index in [0.29, 0.717) is 6.07 Å². The zero-order valence-electron chi connectivity index (χ0n) is 24.5. The first-order chi connectivity index (χ1) is 19.5. The number of anilines is 2. The third kappa shape index (κ3) is 6.69. The second-order valence-electron chi connectivity index (χ2n) is 8.73. The van der Waals surface area contributed by atoms with Crippen molar-refractivity contribution in [1.29, 1.82) is 0 Å². The number of nitrogens with one attached hydrogen (secondary N) is 1. The SMILES string of the molecule is [2H]C1([2H])CCCN(C([2H])([2H])CCC(C)=O)c2cccc(n2)S(=O)(=O)Nc2ccc(C(F)(F)F)c(n2)-c2ccccc2C1. The van der Waals surface area contributed by atoms with Gasteiger partial charge in [0.05, 0.1) is 11.3 Å². The Balaban J connectivity index is 1.89. The first-order valence-electron chi connectivity index (χ1n) is 13.9. The summed E-state index contributed by atoms with van der Waals surface area (Å²) < 4.78 is 105. The second-order valence-corrected chi connectivity index (χ2v) is 10.4. The van der Waals surface area contributed by atoms with Crippen molar-refractivity contribution >= 4 is 27.4 Å². The number of sulfonamides is 1. The van der Waals surface area contributed by atoms with Gasteiger partial charge in [-0.05, 0) is 62.4 Å². The van der Waals surface area contributed by atoms with Gasteiger partial charge >= 0.3 is 6.18 Å². The topological polar surface area (TPSA) is 92.3 Å². The maximum Gasteiger partial charge on any atom is 0.418 e. The maximum absolute atomic E-state index is 14.0. The van der Waals surface area contributed by atoms with E-state index in [1.165, 1.54) is 42.2 Å². The molecule has 0 atom stereocenters. The molecule has 202 valence electrons. The van der Waals surface area contributed by atoms with Gasteiger partial charge in [-0.2, -0.15) is 21.6 Å². The molecule has 0 radical (unpaired) electrons. The van der Waals surface area contributed by atoms with Gasteiger partial charge in [-0.3, -0.25) is 4.72 Å². The van der Waals surface area contributed by atoms with E-state index >= 15 is 0 Å². The number of aryl methyl sites for hydroxylation is 1. The lowest BCUT2D eigenvalue weighted by Crippen LogP contribution is -2.28. The monoisotopic (exact) mass is 550 g/mol. The standard InChI is InChI=1S/C27H29F3N4O3S/c1-19(35)9-8-18-34-17-6-2-3-10-20-11-4-5-12-21(20)26-22(27(28,29)30)15-16-23(31-26)33-38(36,37)25-14-7-13-24(34)32-25/h4-5,7,11-16H,2-3,6,8-10,17-18H2,1H3,(H,31,33)/i3D2,18D2. The Labute approximate surface area is 225 Å².